The van der Waals surface area contributed by atoms with Crippen molar-refractivity contribution in [1.29, 1.82) is 0 Å². The highest BCUT2D eigenvalue weighted by Crippen LogP contribution is 2.19. The smallest absolute Gasteiger partial charge is 0.270 e. The van der Waals surface area contributed by atoms with Gasteiger partial charge >= 0.3 is 0 Å². The van der Waals surface area contributed by atoms with Gasteiger partial charge in [-0.3, -0.25) is 15.0 Å². The van der Waals surface area contributed by atoms with Crippen LogP contribution in [-0.4, -0.2) is 10.5 Å². The molecule has 0 atom stereocenters. The molecule has 0 spiro atoms. The lowest BCUT2D eigenvalue weighted by Crippen LogP contribution is -2.37. The summed E-state index contributed by atoms with van der Waals surface area (Å²) in [5.74, 6) is 4.53. The summed E-state index contributed by atoms with van der Waals surface area (Å²) in [4.78, 5) is 23.3. The standard InChI is InChI=1S/C11H15N3O2/c1-14-9-5-3-2-4-7(9)6-8(11(14)16)10(15)13-12/h6H,2-5,12H2,1H3,(H,13,15). The third kappa shape index (κ3) is 1.63. The third-order valence-electron chi connectivity index (χ3n) is 3.11. The number of nitrogen functional groups attached to an aromatic ring is 1. The van der Waals surface area contributed by atoms with Crippen molar-refractivity contribution in [1.82, 2.24) is 9.99 Å². The van der Waals surface area contributed by atoms with E-state index in [9.17, 15) is 9.59 Å². The zero-order valence-corrected chi connectivity index (χ0v) is 9.25. The normalized spacial score (nSPS) is 14.4. The van der Waals surface area contributed by atoms with E-state index in [2.05, 4.69) is 0 Å². The Labute approximate surface area is 93.2 Å². The van der Waals surface area contributed by atoms with Gasteiger partial charge in [-0.1, -0.05) is 0 Å². The number of hydrogen-bond acceptors (Lipinski definition) is 3. The van der Waals surface area contributed by atoms with E-state index in [1.54, 1.807) is 17.7 Å². The van der Waals surface area contributed by atoms with Gasteiger partial charge in [-0.05, 0) is 37.3 Å². The Morgan fingerprint density at radius 2 is 2.12 bits per heavy atom. The zero-order chi connectivity index (χ0) is 11.7. The first kappa shape index (κ1) is 10.9. The van der Waals surface area contributed by atoms with Gasteiger partial charge in [0.25, 0.3) is 11.5 Å². The van der Waals surface area contributed by atoms with Gasteiger partial charge in [-0.15, -0.1) is 0 Å². The molecule has 0 saturated carbocycles. The predicted molar refractivity (Wildman–Crippen MR) is 60.0 cm³/mol. The van der Waals surface area contributed by atoms with Gasteiger partial charge in [0, 0.05) is 12.7 Å². The van der Waals surface area contributed by atoms with E-state index in [1.165, 1.54) is 0 Å². The fraction of sp³-hybridized carbons (Fsp3) is 0.455. The molecule has 86 valence electrons. The van der Waals surface area contributed by atoms with E-state index in [4.69, 9.17) is 5.84 Å². The van der Waals surface area contributed by atoms with Crippen LogP contribution in [-0.2, 0) is 19.9 Å². The molecule has 1 amide bonds. The third-order valence-corrected chi connectivity index (χ3v) is 3.11. The number of rotatable bonds is 1. The molecular formula is C11H15N3O2. The minimum atomic E-state index is -0.519. The number of hydrazine groups is 1. The maximum absolute atomic E-state index is 11.9. The molecule has 1 heterocycles. The topological polar surface area (TPSA) is 77.1 Å². The Morgan fingerprint density at radius 1 is 1.44 bits per heavy atom. The number of carbonyl (C=O) groups is 1. The van der Waals surface area contributed by atoms with E-state index in [-0.39, 0.29) is 11.1 Å². The van der Waals surface area contributed by atoms with E-state index in [1.807, 2.05) is 5.43 Å². The fourth-order valence-corrected chi connectivity index (χ4v) is 2.23. The molecule has 0 unspecified atom stereocenters. The Balaban J connectivity index is 2.61. The fourth-order valence-electron chi connectivity index (χ4n) is 2.23. The van der Waals surface area contributed by atoms with Gasteiger partial charge in [-0.25, -0.2) is 5.84 Å². The molecular weight excluding hydrogens is 206 g/mol. The van der Waals surface area contributed by atoms with Crippen LogP contribution >= 0.6 is 0 Å². The van der Waals surface area contributed by atoms with Crippen LogP contribution in [0.2, 0.25) is 0 Å². The summed E-state index contributed by atoms with van der Waals surface area (Å²) < 4.78 is 1.57. The number of carbonyl (C=O) groups excluding carboxylic acids is 1. The van der Waals surface area contributed by atoms with E-state index in [0.29, 0.717) is 0 Å². The molecule has 1 aromatic rings. The highest BCUT2D eigenvalue weighted by atomic mass is 16.2. The van der Waals surface area contributed by atoms with Gasteiger partial charge in [0.2, 0.25) is 0 Å². The number of pyridine rings is 1. The average molecular weight is 221 g/mol. The SMILES string of the molecule is Cn1c2c(cc(C(=O)NN)c1=O)CCCC2. The summed E-state index contributed by atoms with van der Waals surface area (Å²) in [5.41, 5.74) is 4.00. The number of amides is 1. The summed E-state index contributed by atoms with van der Waals surface area (Å²) in [7, 11) is 1.71. The molecule has 0 bridgehead atoms. The van der Waals surface area contributed by atoms with Crippen molar-refractivity contribution in [3.63, 3.8) is 0 Å². The maximum atomic E-state index is 11.9. The Morgan fingerprint density at radius 3 is 2.81 bits per heavy atom. The van der Waals surface area contributed by atoms with Crippen LogP contribution in [0.1, 0.15) is 34.5 Å². The maximum Gasteiger partial charge on any atom is 0.270 e. The van der Waals surface area contributed by atoms with Crippen LogP contribution in [0.4, 0.5) is 0 Å². The molecule has 0 radical (unpaired) electrons. The number of fused-ring (bicyclic) bond motifs is 1. The average Bonchev–Trinajstić information content (AvgIpc) is 2.33. The predicted octanol–water partition coefficient (Wildman–Crippen LogP) is -0.132. The minimum Gasteiger partial charge on any atom is -0.315 e. The van der Waals surface area contributed by atoms with Crippen LogP contribution in [0, 0.1) is 0 Å². The monoisotopic (exact) mass is 221 g/mol. The summed E-state index contributed by atoms with van der Waals surface area (Å²) in [6.45, 7) is 0. The van der Waals surface area contributed by atoms with E-state index < -0.39 is 5.91 Å². The molecule has 0 aliphatic heterocycles. The second kappa shape index (κ2) is 4.09. The van der Waals surface area contributed by atoms with Crippen LogP contribution in [0.15, 0.2) is 10.9 Å². The first-order valence-electron chi connectivity index (χ1n) is 5.38. The Kier molecular flexibility index (Phi) is 2.78. The van der Waals surface area contributed by atoms with Crippen molar-refractivity contribution in [3.05, 3.63) is 33.2 Å². The van der Waals surface area contributed by atoms with Crippen molar-refractivity contribution < 1.29 is 4.79 Å². The van der Waals surface area contributed by atoms with Crippen LogP contribution in [0.5, 0.6) is 0 Å². The molecule has 5 nitrogen and oxygen atoms in total. The zero-order valence-electron chi connectivity index (χ0n) is 9.25. The lowest BCUT2D eigenvalue weighted by atomic mass is 9.94. The van der Waals surface area contributed by atoms with Crippen molar-refractivity contribution in [3.8, 4) is 0 Å². The number of aryl methyl sites for hydroxylation is 1. The van der Waals surface area contributed by atoms with Crippen molar-refractivity contribution in [2.24, 2.45) is 12.9 Å². The lowest BCUT2D eigenvalue weighted by molar-refractivity contribution is 0.0951. The van der Waals surface area contributed by atoms with Crippen molar-refractivity contribution >= 4 is 5.91 Å². The molecule has 5 heteroatoms. The molecule has 0 fully saturated rings. The molecule has 0 aromatic carbocycles. The first-order valence-corrected chi connectivity index (χ1v) is 5.38. The summed E-state index contributed by atoms with van der Waals surface area (Å²) in [6, 6.07) is 1.68. The number of nitrogens with two attached hydrogens (primary N) is 1. The van der Waals surface area contributed by atoms with Crippen molar-refractivity contribution in [2.75, 3.05) is 0 Å². The largest absolute Gasteiger partial charge is 0.315 e. The van der Waals surface area contributed by atoms with Gasteiger partial charge in [0.05, 0.1) is 0 Å². The van der Waals surface area contributed by atoms with Crippen LogP contribution in [0.25, 0.3) is 0 Å². The summed E-state index contributed by atoms with van der Waals surface area (Å²) >= 11 is 0. The van der Waals surface area contributed by atoms with Crippen LogP contribution in [0.3, 0.4) is 0 Å². The number of nitrogens with zero attached hydrogens (tertiary/aromatic N) is 1. The minimum absolute atomic E-state index is 0.130. The molecule has 3 N–H and O–H groups in total. The lowest BCUT2D eigenvalue weighted by Gasteiger charge is -2.19. The summed E-state index contributed by atoms with van der Waals surface area (Å²) in [5, 5.41) is 0. The Hall–Kier alpha value is -1.62. The van der Waals surface area contributed by atoms with Crippen molar-refractivity contribution in [2.45, 2.75) is 25.7 Å². The van der Waals surface area contributed by atoms with Gasteiger partial charge < -0.3 is 4.57 Å². The van der Waals surface area contributed by atoms with E-state index in [0.717, 1.165) is 36.9 Å². The van der Waals surface area contributed by atoms with Crippen LogP contribution < -0.4 is 16.8 Å². The van der Waals surface area contributed by atoms with Gasteiger partial charge in [0.1, 0.15) is 5.56 Å². The van der Waals surface area contributed by atoms with Gasteiger partial charge in [0.15, 0.2) is 0 Å². The first-order chi connectivity index (χ1) is 7.65. The highest BCUT2D eigenvalue weighted by molar-refractivity contribution is 5.93. The number of nitrogens with one attached hydrogen (secondary N) is 1. The molecule has 1 aliphatic rings. The molecule has 1 aliphatic carbocycles. The molecule has 1 aromatic heterocycles. The van der Waals surface area contributed by atoms with E-state index >= 15 is 0 Å². The van der Waals surface area contributed by atoms with Gasteiger partial charge in [-0.2, -0.15) is 0 Å². The highest BCUT2D eigenvalue weighted by Gasteiger charge is 2.18. The second-order valence-corrected chi connectivity index (χ2v) is 4.07. The summed E-state index contributed by atoms with van der Waals surface area (Å²) in [6.07, 6.45) is 4.04. The number of hydrogen-bond donors (Lipinski definition) is 2. The molecule has 2 rings (SSSR count). The number of aromatic nitrogens is 1. The quantitative estimate of drug-likeness (QED) is 0.394. The molecule has 16 heavy (non-hydrogen) atoms. The molecule has 0 saturated heterocycles. The second-order valence-electron chi connectivity index (χ2n) is 4.07. The Bertz CT molecular complexity index is 491.